The first kappa shape index (κ1) is 13.1. The number of hydrogen-bond donors (Lipinski definition) is 1. The zero-order valence-corrected chi connectivity index (χ0v) is 11.9. The number of ether oxygens (including phenoxy) is 1. The van der Waals surface area contributed by atoms with E-state index in [0.717, 1.165) is 19.0 Å². The van der Waals surface area contributed by atoms with Crippen LogP contribution in [0.3, 0.4) is 0 Å². The second-order valence-electron chi connectivity index (χ2n) is 5.93. The third-order valence-electron chi connectivity index (χ3n) is 4.34. The van der Waals surface area contributed by atoms with Crippen molar-refractivity contribution in [1.82, 2.24) is 5.32 Å². The normalized spacial score (nSPS) is 23.9. The second kappa shape index (κ2) is 6.06. The molecule has 104 valence electrons. The van der Waals surface area contributed by atoms with Crippen molar-refractivity contribution >= 4 is 0 Å². The van der Waals surface area contributed by atoms with Crippen LogP contribution >= 0.6 is 0 Å². The second-order valence-corrected chi connectivity index (χ2v) is 5.93. The summed E-state index contributed by atoms with van der Waals surface area (Å²) in [5, 5.41) is 3.60. The SMILES string of the molecule is CCC(CNC1CC1)OC1CCCc2ccccc21. The van der Waals surface area contributed by atoms with Gasteiger partial charge in [0, 0.05) is 12.6 Å². The molecule has 0 amide bonds. The number of benzene rings is 1. The molecule has 1 saturated carbocycles. The van der Waals surface area contributed by atoms with Crippen LogP contribution in [-0.2, 0) is 11.2 Å². The van der Waals surface area contributed by atoms with E-state index < -0.39 is 0 Å². The Labute approximate surface area is 116 Å². The fourth-order valence-corrected chi connectivity index (χ4v) is 2.96. The molecule has 1 aromatic rings. The monoisotopic (exact) mass is 259 g/mol. The molecule has 2 atom stereocenters. The van der Waals surface area contributed by atoms with Crippen LogP contribution in [0.15, 0.2) is 24.3 Å². The van der Waals surface area contributed by atoms with Crippen molar-refractivity contribution in [1.29, 1.82) is 0 Å². The van der Waals surface area contributed by atoms with Crippen LogP contribution in [0.2, 0.25) is 0 Å². The summed E-state index contributed by atoms with van der Waals surface area (Å²) in [4.78, 5) is 0. The van der Waals surface area contributed by atoms with Gasteiger partial charge in [0.15, 0.2) is 0 Å². The van der Waals surface area contributed by atoms with Crippen LogP contribution < -0.4 is 5.32 Å². The lowest BCUT2D eigenvalue weighted by atomic mass is 9.89. The molecule has 0 aliphatic heterocycles. The maximum Gasteiger partial charge on any atom is 0.0832 e. The number of hydrogen-bond acceptors (Lipinski definition) is 2. The highest BCUT2D eigenvalue weighted by atomic mass is 16.5. The molecule has 1 aromatic carbocycles. The van der Waals surface area contributed by atoms with Gasteiger partial charge in [-0.2, -0.15) is 0 Å². The summed E-state index contributed by atoms with van der Waals surface area (Å²) in [7, 11) is 0. The van der Waals surface area contributed by atoms with Crippen molar-refractivity contribution in [3.05, 3.63) is 35.4 Å². The molecule has 2 unspecified atom stereocenters. The first-order valence-electron chi connectivity index (χ1n) is 7.83. The molecule has 2 aliphatic rings. The van der Waals surface area contributed by atoms with E-state index in [9.17, 15) is 0 Å². The van der Waals surface area contributed by atoms with Crippen LogP contribution in [-0.4, -0.2) is 18.7 Å². The number of aryl methyl sites for hydroxylation is 1. The van der Waals surface area contributed by atoms with Crippen LogP contribution in [0.4, 0.5) is 0 Å². The maximum atomic E-state index is 6.38. The quantitative estimate of drug-likeness (QED) is 0.842. The summed E-state index contributed by atoms with van der Waals surface area (Å²) in [6.07, 6.45) is 8.12. The van der Waals surface area contributed by atoms with Gasteiger partial charge >= 0.3 is 0 Å². The summed E-state index contributed by atoms with van der Waals surface area (Å²) in [6.45, 7) is 3.24. The summed E-state index contributed by atoms with van der Waals surface area (Å²) in [5.74, 6) is 0. The molecule has 0 bridgehead atoms. The Bertz CT molecular complexity index is 413. The molecule has 0 saturated heterocycles. The minimum Gasteiger partial charge on any atom is -0.369 e. The lowest BCUT2D eigenvalue weighted by Gasteiger charge is -2.29. The molecule has 2 aliphatic carbocycles. The Hall–Kier alpha value is -0.860. The van der Waals surface area contributed by atoms with Gasteiger partial charge in [0.2, 0.25) is 0 Å². The minimum absolute atomic E-state index is 0.316. The van der Waals surface area contributed by atoms with E-state index in [2.05, 4.69) is 36.5 Å². The predicted octanol–water partition coefficient (Wildman–Crippen LogP) is 3.61. The molecule has 1 fully saturated rings. The highest BCUT2D eigenvalue weighted by molar-refractivity contribution is 5.31. The van der Waals surface area contributed by atoms with Crippen molar-refractivity contribution < 1.29 is 4.74 Å². The Balaban J connectivity index is 1.61. The number of nitrogens with one attached hydrogen (secondary N) is 1. The third-order valence-corrected chi connectivity index (χ3v) is 4.34. The molecule has 0 radical (unpaired) electrons. The first-order valence-corrected chi connectivity index (χ1v) is 7.83. The molecule has 1 N–H and O–H groups in total. The molecular weight excluding hydrogens is 234 g/mol. The molecular formula is C17H25NO. The predicted molar refractivity (Wildman–Crippen MR) is 78.3 cm³/mol. The van der Waals surface area contributed by atoms with Crippen molar-refractivity contribution in [3.8, 4) is 0 Å². The molecule has 0 spiro atoms. The lowest BCUT2D eigenvalue weighted by molar-refractivity contribution is -0.0231. The van der Waals surface area contributed by atoms with E-state index in [4.69, 9.17) is 4.74 Å². The van der Waals surface area contributed by atoms with Gasteiger partial charge in [0.05, 0.1) is 12.2 Å². The average molecular weight is 259 g/mol. The minimum atomic E-state index is 0.316. The Kier molecular flexibility index (Phi) is 4.19. The van der Waals surface area contributed by atoms with Crippen LogP contribution in [0.1, 0.15) is 56.3 Å². The van der Waals surface area contributed by atoms with E-state index in [1.807, 2.05) is 0 Å². The molecule has 19 heavy (non-hydrogen) atoms. The topological polar surface area (TPSA) is 21.3 Å². The first-order chi connectivity index (χ1) is 9.36. The van der Waals surface area contributed by atoms with Crippen LogP contribution in [0, 0.1) is 0 Å². The van der Waals surface area contributed by atoms with Gasteiger partial charge < -0.3 is 10.1 Å². The van der Waals surface area contributed by atoms with Crippen LogP contribution in [0.5, 0.6) is 0 Å². The summed E-state index contributed by atoms with van der Waals surface area (Å²) < 4.78 is 6.38. The van der Waals surface area contributed by atoms with Gasteiger partial charge in [-0.3, -0.25) is 0 Å². The van der Waals surface area contributed by atoms with E-state index >= 15 is 0 Å². The number of fused-ring (bicyclic) bond motifs is 1. The standard InChI is InChI=1S/C17H25NO/c1-2-15(12-18-14-10-11-14)19-17-9-5-7-13-6-3-4-8-16(13)17/h3-4,6,8,14-15,17-18H,2,5,7,9-12H2,1H3. The van der Waals surface area contributed by atoms with E-state index in [1.165, 1.54) is 43.2 Å². The van der Waals surface area contributed by atoms with E-state index in [1.54, 1.807) is 0 Å². The summed E-state index contributed by atoms with van der Waals surface area (Å²) in [6, 6.07) is 9.57. The Morgan fingerprint density at radius 1 is 1.26 bits per heavy atom. The van der Waals surface area contributed by atoms with Crippen LogP contribution in [0.25, 0.3) is 0 Å². The van der Waals surface area contributed by atoms with Crippen molar-refractivity contribution in [3.63, 3.8) is 0 Å². The molecule has 0 heterocycles. The van der Waals surface area contributed by atoms with Gasteiger partial charge in [-0.15, -0.1) is 0 Å². The smallest absolute Gasteiger partial charge is 0.0832 e. The lowest BCUT2D eigenvalue weighted by Crippen LogP contribution is -2.32. The molecule has 2 nitrogen and oxygen atoms in total. The average Bonchev–Trinajstić information content (AvgIpc) is 3.28. The van der Waals surface area contributed by atoms with Crippen molar-refractivity contribution in [2.24, 2.45) is 0 Å². The van der Waals surface area contributed by atoms with Gasteiger partial charge in [-0.25, -0.2) is 0 Å². The molecule has 2 heteroatoms. The summed E-state index contributed by atoms with van der Waals surface area (Å²) >= 11 is 0. The van der Waals surface area contributed by atoms with Gasteiger partial charge in [0.25, 0.3) is 0 Å². The highest BCUT2D eigenvalue weighted by Gasteiger charge is 2.25. The van der Waals surface area contributed by atoms with Gasteiger partial charge in [-0.1, -0.05) is 31.2 Å². The highest BCUT2D eigenvalue weighted by Crippen LogP contribution is 2.33. The maximum absolute atomic E-state index is 6.38. The Morgan fingerprint density at radius 2 is 2.11 bits per heavy atom. The molecule has 0 aromatic heterocycles. The molecule has 3 rings (SSSR count). The Morgan fingerprint density at radius 3 is 2.89 bits per heavy atom. The summed E-state index contributed by atoms with van der Waals surface area (Å²) in [5.41, 5.74) is 2.92. The van der Waals surface area contributed by atoms with Gasteiger partial charge in [0.1, 0.15) is 0 Å². The zero-order valence-electron chi connectivity index (χ0n) is 11.9. The fourth-order valence-electron chi connectivity index (χ4n) is 2.96. The largest absolute Gasteiger partial charge is 0.369 e. The fraction of sp³-hybridized carbons (Fsp3) is 0.647. The zero-order chi connectivity index (χ0) is 13.1. The van der Waals surface area contributed by atoms with E-state index in [-0.39, 0.29) is 0 Å². The number of rotatable bonds is 6. The van der Waals surface area contributed by atoms with Crippen molar-refractivity contribution in [2.75, 3.05) is 6.54 Å². The van der Waals surface area contributed by atoms with Gasteiger partial charge in [-0.05, 0) is 49.7 Å². The van der Waals surface area contributed by atoms with E-state index in [0.29, 0.717) is 12.2 Å². The van der Waals surface area contributed by atoms with Crippen molar-refractivity contribution in [2.45, 2.75) is 63.7 Å². The third kappa shape index (κ3) is 3.37.